The van der Waals surface area contributed by atoms with Gasteiger partial charge >= 0.3 is 5.97 Å². The predicted molar refractivity (Wildman–Crippen MR) is 138 cm³/mol. The molecule has 2 N–H and O–H groups in total. The maximum Gasteiger partial charge on any atom is 0.312 e. The van der Waals surface area contributed by atoms with Gasteiger partial charge in [0.05, 0.1) is 18.6 Å². The van der Waals surface area contributed by atoms with E-state index < -0.39 is 0 Å². The van der Waals surface area contributed by atoms with Crippen LogP contribution in [-0.4, -0.2) is 36.0 Å². The second-order valence-corrected chi connectivity index (χ2v) is 15.1. The summed E-state index contributed by atoms with van der Waals surface area (Å²) in [6, 6.07) is 0. The second-order valence-electron chi connectivity index (χ2n) is 15.1. The lowest BCUT2D eigenvalue weighted by molar-refractivity contribution is -0.223. The topological polar surface area (TPSA) is 66.8 Å². The van der Waals surface area contributed by atoms with Gasteiger partial charge in [-0.1, -0.05) is 53.2 Å². The van der Waals surface area contributed by atoms with Crippen LogP contribution in [-0.2, 0) is 9.53 Å². The maximum absolute atomic E-state index is 13.4. The molecular formula is C31H50O4. The van der Waals surface area contributed by atoms with E-state index in [2.05, 4.69) is 47.6 Å². The van der Waals surface area contributed by atoms with Gasteiger partial charge in [0.2, 0.25) is 0 Å². The number of carbonyl (C=O) groups excluding carboxylic acids is 1. The molecule has 0 unspecified atom stereocenters. The largest absolute Gasteiger partial charge is 0.469 e. The SMILES string of the molecule is COC(=O)[C@]12CCC(C)(C)C[C@H]1C1=CC[C@@H]3[C@@]4(CO)CC[C@H](O)C(C)(C)[C@@H]4CC[C@@]3(C)[C@]1(C)CC2. The van der Waals surface area contributed by atoms with Crippen molar-refractivity contribution in [2.75, 3.05) is 13.7 Å². The van der Waals surface area contributed by atoms with E-state index in [0.717, 1.165) is 64.2 Å². The van der Waals surface area contributed by atoms with Gasteiger partial charge in [0, 0.05) is 12.0 Å². The Morgan fingerprint density at radius 2 is 1.66 bits per heavy atom. The lowest BCUT2D eigenvalue weighted by atomic mass is 9.33. The fourth-order valence-corrected chi connectivity index (χ4v) is 10.8. The number of aliphatic hydroxyl groups excluding tert-OH is 2. The Morgan fingerprint density at radius 1 is 0.971 bits per heavy atom. The number of ether oxygens (including phenoxy) is 1. The molecule has 4 heteroatoms. The number of hydrogen-bond acceptors (Lipinski definition) is 4. The Bertz CT molecular complexity index is 919. The number of hydrogen-bond donors (Lipinski definition) is 2. The van der Waals surface area contributed by atoms with Crippen molar-refractivity contribution >= 4 is 5.97 Å². The van der Waals surface area contributed by atoms with Crippen molar-refractivity contribution in [3.63, 3.8) is 0 Å². The van der Waals surface area contributed by atoms with Crippen LogP contribution in [0.15, 0.2) is 11.6 Å². The van der Waals surface area contributed by atoms with Crippen molar-refractivity contribution in [1.82, 2.24) is 0 Å². The number of esters is 1. The van der Waals surface area contributed by atoms with Crippen LogP contribution >= 0.6 is 0 Å². The third-order valence-electron chi connectivity index (χ3n) is 13.2. The molecule has 0 aromatic heterocycles. The van der Waals surface area contributed by atoms with Gasteiger partial charge in [-0.05, 0) is 104 Å². The zero-order chi connectivity index (χ0) is 25.7. The lowest BCUT2D eigenvalue weighted by Crippen LogP contribution is -2.66. The Kier molecular flexibility index (Phi) is 5.76. The third-order valence-corrected chi connectivity index (χ3v) is 13.2. The van der Waals surface area contributed by atoms with Gasteiger partial charge in [-0.2, -0.15) is 0 Å². The molecule has 35 heavy (non-hydrogen) atoms. The molecule has 5 aliphatic carbocycles. The van der Waals surface area contributed by atoms with Crippen molar-refractivity contribution in [1.29, 1.82) is 0 Å². The van der Waals surface area contributed by atoms with Crippen molar-refractivity contribution in [2.45, 2.75) is 112 Å². The van der Waals surface area contributed by atoms with Crippen molar-refractivity contribution in [3.8, 4) is 0 Å². The van der Waals surface area contributed by atoms with Crippen LogP contribution in [0, 0.1) is 50.2 Å². The molecule has 198 valence electrons. The summed E-state index contributed by atoms with van der Waals surface area (Å²) < 4.78 is 5.48. The summed E-state index contributed by atoms with van der Waals surface area (Å²) in [7, 11) is 1.57. The molecule has 0 heterocycles. The highest BCUT2D eigenvalue weighted by Gasteiger charge is 2.70. The highest BCUT2D eigenvalue weighted by atomic mass is 16.5. The Labute approximate surface area is 213 Å². The van der Waals surface area contributed by atoms with Crippen molar-refractivity contribution in [3.05, 3.63) is 11.6 Å². The van der Waals surface area contributed by atoms with Crippen LogP contribution in [0.1, 0.15) is 106 Å². The molecule has 5 aliphatic rings. The number of fused-ring (bicyclic) bond motifs is 7. The highest BCUT2D eigenvalue weighted by Crippen LogP contribution is 2.75. The summed E-state index contributed by atoms with van der Waals surface area (Å²) in [5.74, 6) is 1.00. The van der Waals surface area contributed by atoms with E-state index >= 15 is 0 Å². The number of aliphatic hydroxyl groups is 2. The monoisotopic (exact) mass is 486 g/mol. The van der Waals surface area contributed by atoms with Gasteiger partial charge in [0.25, 0.3) is 0 Å². The summed E-state index contributed by atoms with van der Waals surface area (Å²) in [5.41, 5.74) is 1.18. The minimum atomic E-state index is -0.373. The van der Waals surface area contributed by atoms with Gasteiger partial charge in [-0.3, -0.25) is 4.79 Å². The van der Waals surface area contributed by atoms with Gasteiger partial charge in [-0.15, -0.1) is 0 Å². The third kappa shape index (κ3) is 3.14. The molecule has 0 aromatic rings. The highest BCUT2D eigenvalue weighted by molar-refractivity contribution is 5.78. The van der Waals surface area contributed by atoms with Gasteiger partial charge in [-0.25, -0.2) is 0 Å². The Balaban J connectivity index is 1.62. The molecule has 4 saturated carbocycles. The minimum Gasteiger partial charge on any atom is -0.469 e. The van der Waals surface area contributed by atoms with E-state index in [1.54, 1.807) is 7.11 Å². The average Bonchev–Trinajstić information content (AvgIpc) is 2.80. The second kappa shape index (κ2) is 7.82. The Morgan fingerprint density at radius 3 is 2.31 bits per heavy atom. The first-order chi connectivity index (χ1) is 16.2. The summed E-state index contributed by atoms with van der Waals surface area (Å²) in [5, 5.41) is 22.0. The van der Waals surface area contributed by atoms with Gasteiger partial charge in [0.1, 0.15) is 0 Å². The molecule has 5 rings (SSSR count). The first-order valence-electron chi connectivity index (χ1n) is 14.3. The van der Waals surface area contributed by atoms with E-state index in [1.165, 1.54) is 5.57 Å². The van der Waals surface area contributed by atoms with Crippen LogP contribution in [0.25, 0.3) is 0 Å². The molecular weight excluding hydrogens is 436 g/mol. The summed E-state index contributed by atoms with van der Waals surface area (Å²) in [6.07, 6.45) is 12.1. The molecule has 0 amide bonds. The fourth-order valence-electron chi connectivity index (χ4n) is 10.8. The van der Waals surface area contributed by atoms with Gasteiger partial charge in [0.15, 0.2) is 0 Å². The molecule has 0 saturated heterocycles. The normalized spacial score (nSPS) is 50.0. The molecule has 4 nitrogen and oxygen atoms in total. The maximum atomic E-state index is 13.4. The summed E-state index contributed by atoms with van der Waals surface area (Å²) in [4.78, 5) is 13.4. The van der Waals surface area contributed by atoms with Crippen LogP contribution in [0.2, 0.25) is 0 Å². The molecule has 8 atom stereocenters. The van der Waals surface area contributed by atoms with E-state index in [1.807, 2.05) is 0 Å². The molecule has 0 spiro atoms. The first kappa shape index (κ1) is 25.8. The molecule has 4 fully saturated rings. The number of carbonyl (C=O) groups is 1. The van der Waals surface area contributed by atoms with Crippen LogP contribution < -0.4 is 0 Å². The summed E-state index contributed by atoms with van der Waals surface area (Å²) >= 11 is 0. The number of methoxy groups -OCH3 is 1. The quantitative estimate of drug-likeness (QED) is 0.355. The average molecular weight is 487 g/mol. The lowest BCUT2D eigenvalue weighted by Gasteiger charge is -2.71. The molecule has 0 aliphatic heterocycles. The molecule has 0 bridgehead atoms. The smallest absolute Gasteiger partial charge is 0.312 e. The number of rotatable bonds is 2. The van der Waals surface area contributed by atoms with Crippen LogP contribution in [0.5, 0.6) is 0 Å². The van der Waals surface area contributed by atoms with Gasteiger partial charge < -0.3 is 14.9 Å². The van der Waals surface area contributed by atoms with Crippen LogP contribution in [0.4, 0.5) is 0 Å². The summed E-state index contributed by atoms with van der Waals surface area (Å²) in [6.45, 7) is 14.4. The predicted octanol–water partition coefficient (Wildman–Crippen LogP) is 6.29. The zero-order valence-electron chi connectivity index (χ0n) is 23.4. The van der Waals surface area contributed by atoms with E-state index in [-0.39, 0.29) is 57.1 Å². The minimum absolute atomic E-state index is 0.00628. The zero-order valence-corrected chi connectivity index (χ0v) is 23.4. The Hall–Kier alpha value is -0.870. The van der Waals surface area contributed by atoms with Crippen molar-refractivity contribution in [2.24, 2.45) is 50.2 Å². The standard InChI is InChI=1S/C31H50O4/c1-26(2)14-16-30(25(34)35-7)17-15-28(5)20(21(30)18-26)8-9-23-29(28,6)12-10-22-27(3,4)24(33)11-13-31(22,23)19-32/h8,21-24,32-33H,9-19H2,1-7H3/t21-,22-,23-,24-,28+,29+,30-,31+/m0/s1. The van der Waals surface area contributed by atoms with E-state index in [9.17, 15) is 15.0 Å². The molecule has 0 aromatic carbocycles. The van der Waals surface area contributed by atoms with Crippen LogP contribution in [0.3, 0.4) is 0 Å². The number of allylic oxidation sites excluding steroid dienone is 2. The first-order valence-corrected chi connectivity index (χ1v) is 14.3. The fraction of sp³-hybridized carbons (Fsp3) is 0.903. The van der Waals surface area contributed by atoms with Crippen molar-refractivity contribution < 1.29 is 19.7 Å². The van der Waals surface area contributed by atoms with E-state index in [4.69, 9.17) is 4.74 Å². The van der Waals surface area contributed by atoms with E-state index in [0.29, 0.717) is 11.8 Å². The molecule has 0 radical (unpaired) electrons.